The van der Waals surface area contributed by atoms with Crippen LogP contribution < -0.4 is 5.32 Å². The number of aliphatic hydroxyl groups excluding tert-OH is 8. The van der Waals surface area contributed by atoms with Crippen molar-refractivity contribution in [2.75, 3.05) is 26.4 Å². The van der Waals surface area contributed by atoms with Gasteiger partial charge in [0, 0.05) is 18.0 Å². The first-order chi connectivity index (χ1) is 34.9. The number of carboxylic acid groups (broad SMARTS) is 1. The van der Waals surface area contributed by atoms with Gasteiger partial charge in [0.05, 0.1) is 49.9 Å². The Labute approximate surface area is 418 Å². The van der Waals surface area contributed by atoms with Crippen molar-refractivity contribution >= 4 is 17.8 Å². The molecule has 0 radical (unpaired) electrons. The number of rotatable bonds is 20. The summed E-state index contributed by atoms with van der Waals surface area (Å²) < 4.78 is 63.3. The van der Waals surface area contributed by atoms with Crippen LogP contribution in [0.1, 0.15) is 62.9 Å². The standard InChI is InChI=1S/C48H65FN4O20/c1-4-9-29(44(63)64)68-41-36(58)32(21-55)71-48(42(41)72-45(65)24-10-6-5-7-11-24)69-30-18-26(16-22(2)40(30)73-47-39(61)38(60)34(56)23(3)67-47)43(62)50-14-15-66-46-37(59)33(35(57)31(20-54)70-46)53-19-28(51-52-53)25-12-8-13-27(49)17-25/h5-8,10-13,17,19,22-23,26,29-42,46-48,54-61H,4,9,14-16,18,20-21H2,1-3H3,(H,50,62)(H,63,64)/t22?,23?,26?,29-,30+,31?,32?,33?,34+,35+,36-,37?,38?,39?,40?,41?,42?,46-,47-,48+/m0/s1. The summed E-state index contributed by atoms with van der Waals surface area (Å²) in [6, 6.07) is 12.0. The van der Waals surface area contributed by atoms with Crippen molar-refractivity contribution in [2.45, 2.75) is 157 Å². The molecule has 1 saturated carbocycles. The molecular formula is C48H65FN4O20. The van der Waals surface area contributed by atoms with E-state index < -0.39 is 159 Å². The second-order valence-corrected chi connectivity index (χ2v) is 18.7. The van der Waals surface area contributed by atoms with Crippen LogP contribution in [0.25, 0.3) is 11.3 Å². The Morgan fingerprint density at radius 2 is 1.52 bits per heavy atom. The van der Waals surface area contributed by atoms with E-state index in [2.05, 4.69) is 15.6 Å². The molecular weight excluding hydrogens is 972 g/mol. The summed E-state index contributed by atoms with van der Waals surface area (Å²) >= 11 is 0. The Balaban J connectivity index is 1.09. The van der Waals surface area contributed by atoms with Crippen LogP contribution in [0.15, 0.2) is 60.8 Å². The number of aliphatic hydroxyl groups is 8. The highest BCUT2D eigenvalue weighted by atomic mass is 19.1. The van der Waals surface area contributed by atoms with Crippen LogP contribution in [0, 0.1) is 17.7 Å². The summed E-state index contributed by atoms with van der Waals surface area (Å²) in [6.45, 7) is 2.95. The number of benzene rings is 2. The zero-order valence-corrected chi connectivity index (χ0v) is 40.2. The molecule has 404 valence electrons. The van der Waals surface area contributed by atoms with E-state index in [0.29, 0.717) is 12.0 Å². The van der Waals surface area contributed by atoms with Gasteiger partial charge >= 0.3 is 11.9 Å². The fraction of sp³-hybridized carbons (Fsp3) is 0.646. The van der Waals surface area contributed by atoms with E-state index in [1.165, 1.54) is 43.5 Å². The summed E-state index contributed by atoms with van der Waals surface area (Å²) in [5, 5.41) is 107. The molecule has 1 aromatic heterocycles. The quantitative estimate of drug-likeness (QED) is 0.0468. The zero-order valence-electron chi connectivity index (χ0n) is 40.2. The van der Waals surface area contributed by atoms with Crippen LogP contribution in [0.2, 0.25) is 0 Å². The van der Waals surface area contributed by atoms with E-state index in [9.17, 15) is 64.7 Å². The number of esters is 1. The number of aromatic nitrogens is 3. The Morgan fingerprint density at radius 1 is 0.808 bits per heavy atom. The SMILES string of the molecule is CCC[C@H](OC1C(OC(=O)c2ccccc2)[C@H](O[C@@H]2CC(C(=O)NCCO[C@H]3OC(CO)[C@@H](O)C(n4cc(-c5cccc(F)c5)nn4)C3O)CC(C)C2O[C@@H]2OC(C)[C@@H](O)C(O)C2O)OC(CO)[C@@H]1O)C(=O)O. The molecule has 4 fully saturated rings. The second kappa shape index (κ2) is 25.2. The highest BCUT2D eigenvalue weighted by Gasteiger charge is 2.54. The molecule has 24 nitrogen and oxygen atoms in total. The lowest BCUT2D eigenvalue weighted by molar-refractivity contribution is -0.349. The molecule has 12 unspecified atom stereocenters. The molecule has 4 aliphatic rings. The molecule has 2 aromatic carbocycles. The minimum Gasteiger partial charge on any atom is -0.479 e. The van der Waals surface area contributed by atoms with Gasteiger partial charge in [-0.25, -0.2) is 18.7 Å². The number of aliphatic carboxylic acids is 1. The lowest BCUT2D eigenvalue weighted by Crippen LogP contribution is -2.64. The van der Waals surface area contributed by atoms with Crippen molar-refractivity contribution in [3.63, 3.8) is 0 Å². The minimum atomic E-state index is -1.76. The first-order valence-corrected chi connectivity index (χ1v) is 24.2. The summed E-state index contributed by atoms with van der Waals surface area (Å²) in [5.41, 5.74) is 0.685. The van der Waals surface area contributed by atoms with Gasteiger partial charge in [-0.15, -0.1) is 5.10 Å². The summed E-state index contributed by atoms with van der Waals surface area (Å²) in [5.74, 6) is -4.86. The lowest BCUT2D eigenvalue weighted by atomic mass is 9.77. The first kappa shape index (κ1) is 56.1. The predicted octanol–water partition coefficient (Wildman–Crippen LogP) is -1.22. The maximum absolute atomic E-state index is 14.1. The van der Waals surface area contributed by atoms with Gasteiger partial charge in [-0.05, 0) is 56.4 Å². The summed E-state index contributed by atoms with van der Waals surface area (Å²) in [7, 11) is 0. The van der Waals surface area contributed by atoms with Gasteiger partial charge in [0.2, 0.25) is 5.91 Å². The van der Waals surface area contributed by atoms with Gasteiger partial charge in [-0.2, -0.15) is 0 Å². The van der Waals surface area contributed by atoms with E-state index in [0.717, 1.165) is 4.68 Å². The molecule has 0 spiro atoms. The lowest BCUT2D eigenvalue weighted by Gasteiger charge is -2.48. The van der Waals surface area contributed by atoms with Gasteiger partial charge in [-0.1, -0.05) is 55.8 Å². The number of amides is 1. The van der Waals surface area contributed by atoms with Crippen LogP contribution >= 0.6 is 0 Å². The molecule has 73 heavy (non-hydrogen) atoms. The number of halogens is 1. The fourth-order valence-corrected chi connectivity index (χ4v) is 9.60. The van der Waals surface area contributed by atoms with Crippen molar-refractivity contribution in [3.05, 3.63) is 72.2 Å². The summed E-state index contributed by atoms with van der Waals surface area (Å²) in [4.78, 5) is 40.1. The Bertz CT molecular complexity index is 2270. The number of nitrogens with one attached hydrogen (secondary N) is 1. The third-order valence-electron chi connectivity index (χ3n) is 13.5. The molecule has 4 heterocycles. The molecule has 3 aromatic rings. The molecule has 0 bridgehead atoms. The van der Waals surface area contributed by atoms with Crippen molar-refractivity contribution in [1.29, 1.82) is 0 Å². The number of carbonyl (C=O) groups excluding carboxylic acids is 2. The van der Waals surface area contributed by atoms with E-state index >= 15 is 0 Å². The number of hydrogen-bond acceptors (Lipinski definition) is 21. The molecule has 3 aliphatic heterocycles. The van der Waals surface area contributed by atoms with E-state index in [1.54, 1.807) is 38.1 Å². The number of nitrogens with zero attached hydrogens (tertiary/aromatic N) is 3. The maximum atomic E-state index is 14.1. The Kier molecular flexibility index (Phi) is 19.4. The number of carbonyl (C=O) groups is 3. The largest absolute Gasteiger partial charge is 0.479 e. The normalized spacial score (nSPS) is 36.2. The van der Waals surface area contributed by atoms with Gasteiger partial charge < -0.3 is 89.2 Å². The maximum Gasteiger partial charge on any atom is 0.338 e. The monoisotopic (exact) mass is 1040 g/mol. The molecule has 25 heteroatoms. The molecule has 3 saturated heterocycles. The van der Waals surface area contributed by atoms with Crippen molar-refractivity contribution < 1.29 is 103 Å². The molecule has 1 amide bonds. The van der Waals surface area contributed by atoms with E-state index in [4.69, 9.17) is 37.9 Å². The minimum absolute atomic E-state index is 0.0151. The topological polar surface area (TPSA) is 350 Å². The van der Waals surface area contributed by atoms with Gasteiger partial charge in [-0.3, -0.25) is 4.79 Å². The second-order valence-electron chi connectivity index (χ2n) is 18.7. The van der Waals surface area contributed by atoms with Crippen molar-refractivity contribution in [1.82, 2.24) is 20.3 Å². The van der Waals surface area contributed by atoms with Crippen molar-refractivity contribution in [3.8, 4) is 11.3 Å². The van der Waals surface area contributed by atoms with Gasteiger partial charge in [0.1, 0.15) is 72.5 Å². The third-order valence-corrected chi connectivity index (χ3v) is 13.5. The third kappa shape index (κ3) is 13.1. The van der Waals surface area contributed by atoms with Crippen molar-refractivity contribution in [2.24, 2.45) is 11.8 Å². The van der Waals surface area contributed by atoms with Crippen LogP contribution in [0.5, 0.6) is 0 Å². The zero-order chi connectivity index (χ0) is 52.7. The van der Waals surface area contributed by atoms with Crippen LogP contribution in [0.4, 0.5) is 4.39 Å². The smallest absolute Gasteiger partial charge is 0.338 e. The number of ether oxygens (including phenoxy) is 8. The Morgan fingerprint density at radius 3 is 2.21 bits per heavy atom. The van der Waals surface area contributed by atoms with Gasteiger partial charge in [0.15, 0.2) is 31.1 Å². The molecule has 1 aliphatic carbocycles. The fourth-order valence-electron chi connectivity index (χ4n) is 9.60. The highest BCUT2D eigenvalue weighted by Crippen LogP contribution is 2.39. The van der Waals surface area contributed by atoms with E-state index in [1.807, 2.05) is 0 Å². The predicted molar refractivity (Wildman–Crippen MR) is 244 cm³/mol. The number of hydrogen-bond donors (Lipinski definition) is 10. The van der Waals surface area contributed by atoms with E-state index in [-0.39, 0.29) is 43.7 Å². The average Bonchev–Trinajstić information content (AvgIpc) is 3.86. The number of carboxylic acids is 1. The summed E-state index contributed by atoms with van der Waals surface area (Å²) in [6.07, 6.45) is -23.8. The Hall–Kier alpha value is -4.68. The first-order valence-electron chi connectivity index (χ1n) is 24.2. The molecule has 20 atom stereocenters. The average molecular weight is 1040 g/mol. The molecule has 10 N–H and O–H groups in total. The van der Waals surface area contributed by atoms with Crippen LogP contribution in [0.3, 0.4) is 0 Å². The van der Waals surface area contributed by atoms with Gasteiger partial charge in [0.25, 0.3) is 0 Å². The molecule has 7 rings (SSSR count). The van der Waals surface area contributed by atoms with Crippen LogP contribution in [-0.4, -0.2) is 209 Å². The highest BCUT2D eigenvalue weighted by molar-refractivity contribution is 5.89. The van der Waals surface area contributed by atoms with Crippen LogP contribution in [-0.2, 0) is 47.5 Å².